The molecule has 0 fully saturated rings. The van der Waals surface area contributed by atoms with E-state index >= 15 is 0 Å². The zero-order valence-corrected chi connectivity index (χ0v) is 7.86. The second-order valence-electron chi connectivity index (χ2n) is 2.51. The monoisotopic (exact) mass is 178 g/mol. The van der Waals surface area contributed by atoms with E-state index in [0.717, 1.165) is 12.8 Å². The van der Waals surface area contributed by atoms with Crippen LogP contribution in [0, 0.1) is 0 Å². The largest absolute Gasteiger partial charge is 0.379 e. The summed E-state index contributed by atoms with van der Waals surface area (Å²) in [6.45, 7) is 4.61. The van der Waals surface area contributed by atoms with E-state index in [1.165, 1.54) is 6.92 Å². The number of hydrogen-bond donors (Lipinski definition) is 0. The number of ketones is 1. The maximum Gasteiger partial charge on any atom is 0.149 e. The lowest BCUT2D eigenvalue weighted by Gasteiger charge is -2.05. The van der Waals surface area contributed by atoms with E-state index < -0.39 is 5.38 Å². The van der Waals surface area contributed by atoms with E-state index in [4.69, 9.17) is 16.3 Å². The number of halogens is 1. The van der Waals surface area contributed by atoms with Crippen molar-refractivity contribution < 1.29 is 9.53 Å². The molecule has 0 rings (SSSR count). The van der Waals surface area contributed by atoms with Gasteiger partial charge in [-0.3, -0.25) is 4.79 Å². The van der Waals surface area contributed by atoms with E-state index in [1.54, 1.807) is 0 Å². The molecule has 0 saturated carbocycles. The molecule has 0 aromatic heterocycles. The standard InChI is InChI=1S/C8H15ClO2/c1-3-4-5-11-6-8(9)7(2)10/h8H,3-6H2,1-2H3. The van der Waals surface area contributed by atoms with E-state index in [1.807, 2.05) is 0 Å². The summed E-state index contributed by atoms with van der Waals surface area (Å²) in [4.78, 5) is 10.6. The molecule has 0 aliphatic carbocycles. The van der Waals surface area contributed by atoms with Crippen LogP contribution in [0.4, 0.5) is 0 Å². The third-order valence-corrected chi connectivity index (χ3v) is 1.78. The van der Waals surface area contributed by atoms with Crippen LogP contribution in [0.5, 0.6) is 0 Å². The molecule has 0 saturated heterocycles. The highest BCUT2D eigenvalue weighted by Crippen LogP contribution is 1.98. The predicted molar refractivity (Wildman–Crippen MR) is 46.0 cm³/mol. The van der Waals surface area contributed by atoms with E-state index in [2.05, 4.69) is 6.92 Å². The fourth-order valence-electron chi connectivity index (χ4n) is 0.551. The zero-order valence-electron chi connectivity index (χ0n) is 7.10. The molecule has 0 bridgehead atoms. The predicted octanol–water partition coefficient (Wildman–Crippen LogP) is 2.00. The van der Waals surface area contributed by atoms with Crippen molar-refractivity contribution in [3.05, 3.63) is 0 Å². The third kappa shape index (κ3) is 6.32. The van der Waals surface area contributed by atoms with Crippen molar-refractivity contribution in [2.75, 3.05) is 13.2 Å². The lowest BCUT2D eigenvalue weighted by molar-refractivity contribution is -0.117. The second-order valence-corrected chi connectivity index (χ2v) is 3.03. The van der Waals surface area contributed by atoms with Gasteiger partial charge in [0.05, 0.1) is 6.61 Å². The highest BCUT2D eigenvalue weighted by Gasteiger charge is 2.08. The fraction of sp³-hybridized carbons (Fsp3) is 0.875. The van der Waals surface area contributed by atoms with Crippen LogP contribution >= 0.6 is 11.6 Å². The summed E-state index contributed by atoms with van der Waals surface area (Å²) in [7, 11) is 0. The molecule has 11 heavy (non-hydrogen) atoms. The van der Waals surface area contributed by atoms with E-state index in [9.17, 15) is 4.79 Å². The molecule has 1 atom stereocenters. The molecule has 1 unspecified atom stereocenters. The molecule has 0 aromatic carbocycles. The fourth-order valence-corrected chi connectivity index (χ4v) is 0.640. The number of unbranched alkanes of at least 4 members (excludes halogenated alkanes) is 1. The molecule has 0 spiro atoms. The summed E-state index contributed by atoms with van der Waals surface area (Å²) >= 11 is 5.62. The van der Waals surface area contributed by atoms with Crippen molar-refractivity contribution in [1.82, 2.24) is 0 Å². The summed E-state index contributed by atoms with van der Waals surface area (Å²) in [6, 6.07) is 0. The molecule has 66 valence electrons. The molecule has 0 radical (unpaired) electrons. The van der Waals surface area contributed by atoms with Crippen LogP contribution in [-0.4, -0.2) is 24.4 Å². The van der Waals surface area contributed by atoms with Crippen LogP contribution in [0.3, 0.4) is 0 Å². The summed E-state index contributed by atoms with van der Waals surface area (Å²) < 4.78 is 5.14. The van der Waals surface area contributed by atoms with E-state index in [-0.39, 0.29) is 5.78 Å². The Morgan fingerprint density at radius 1 is 1.64 bits per heavy atom. The average Bonchev–Trinajstić information content (AvgIpc) is 1.97. The molecule has 0 aromatic rings. The molecular formula is C8H15ClO2. The van der Waals surface area contributed by atoms with Crippen LogP contribution in [0.25, 0.3) is 0 Å². The van der Waals surface area contributed by atoms with Crippen molar-refractivity contribution in [1.29, 1.82) is 0 Å². The first-order valence-electron chi connectivity index (χ1n) is 3.90. The minimum atomic E-state index is -0.466. The highest BCUT2D eigenvalue weighted by molar-refractivity contribution is 6.30. The summed E-state index contributed by atoms with van der Waals surface area (Å²) in [6.07, 6.45) is 2.13. The SMILES string of the molecule is CCCCOCC(Cl)C(C)=O. The molecule has 0 aliphatic heterocycles. The third-order valence-electron chi connectivity index (χ3n) is 1.35. The van der Waals surface area contributed by atoms with Gasteiger partial charge in [0.2, 0.25) is 0 Å². The van der Waals surface area contributed by atoms with Crippen molar-refractivity contribution >= 4 is 17.4 Å². The maximum absolute atomic E-state index is 10.6. The Bertz CT molecular complexity index is 115. The van der Waals surface area contributed by atoms with Gasteiger partial charge in [0.15, 0.2) is 0 Å². The van der Waals surface area contributed by atoms with Crippen molar-refractivity contribution in [3.63, 3.8) is 0 Å². The quantitative estimate of drug-likeness (QED) is 0.460. The molecule has 0 amide bonds. The number of hydrogen-bond acceptors (Lipinski definition) is 2. The summed E-state index contributed by atoms with van der Waals surface area (Å²) in [5.41, 5.74) is 0. The first-order valence-corrected chi connectivity index (χ1v) is 4.34. The molecule has 3 heteroatoms. The zero-order chi connectivity index (χ0) is 8.69. The Kier molecular flexibility index (Phi) is 6.57. The maximum atomic E-state index is 10.6. The van der Waals surface area contributed by atoms with Crippen LogP contribution in [0.15, 0.2) is 0 Å². The average molecular weight is 179 g/mol. The molecule has 0 heterocycles. The van der Waals surface area contributed by atoms with Crippen LogP contribution in [-0.2, 0) is 9.53 Å². The lowest BCUT2D eigenvalue weighted by Crippen LogP contribution is -2.17. The Balaban J connectivity index is 3.17. The van der Waals surface area contributed by atoms with Gasteiger partial charge in [-0.25, -0.2) is 0 Å². The van der Waals surface area contributed by atoms with Crippen LogP contribution in [0.1, 0.15) is 26.7 Å². The van der Waals surface area contributed by atoms with Crippen molar-refractivity contribution in [2.24, 2.45) is 0 Å². The number of Topliss-reactive ketones (excluding diaryl/α,β-unsaturated/α-hetero) is 1. The lowest BCUT2D eigenvalue weighted by atomic mass is 10.3. The van der Waals surface area contributed by atoms with Crippen LogP contribution in [0.2, 0.25) is 0 Å². The summed E-state index contributed by atoms with van der Waals surface area (Å²) in [5, 5.41) is -0.466. The van der Waals surface area contributed by atoms with Gasteiger partial charge in [0, 0.05) is 6.61 Å². The molecule has 0 N–H and O–H groups in total. The van der Waals surface area contributed by atoms with Gasteiger partial charge in [0.25, 0.3) is 0 Å². The molecule has 0 aliphatic rings. The van der Waals surface area contributed by atoms with Gasteiger partial charge < -0.3 is 4.74 Å². The van der Waals surface area contributed by atoms with Gasteiger partial charge in [-0.1, -0.05) is 13.3 Å². The topological polar surface area (TPSA) is 26.3 Å². The Labute approximate surface area is 72.9 Å². The first kappa shape index (κ1) is 10.9. The van der Waals surface area contributed by atoms with Gasteiger partial charge in [-0.05, 0) is 13.3 Å². The second kappa shape index (κ2) is 6.62. The molecular weight excluding hydrogens is 164 g/mol. The Hall–Kier alpha value is -0.0800. The number of carbonyl (C=O) groups excluding carboxylic acids is 1. The van der Waals surface area contributed by atoms with Gasteiger partial charge in [-0.15, -0.1) is 11.6 Å². The minimum absolute atomic E-state index is 0.0248. The number of ether oxygens (including phenoxy) is 1. The highest BCUT2D eigenvalue weighted by atomic mass is 35.5. The minimum Gasteiger partial charge on any atom is -0.379 e. The Morgan fingerprint density at radius 2 is 2.27 bits per heavy atom. The smallest absolute Gasteiger partial charge is 0.149 e. The first-order chi connectivity index (χ1) is 5.18. The van der Waals surface area contributed by atoms with Gasteiger partial charge >= 0.3 is 0 Å². The Morgan fingerprint density at radius 3 is 2.73 bits per heavy atom. The van der Waals surface area contributed by atoms with Crippen molar-refractivity contribution in [2.45, 2.75) is 32.1 Å². The number of carbonyl (C=O) groups is 1. The number of rotatable bonds is 6. The van der Waals surface area contributed by atoms with Gasteiger partial charge in [-0.2, -0.15) is 0 Å². The normalized spacial score (nSPS) is 13.0. The van der Waals surface area contributed by atoms with Crippen LogP contribution < -0.4 is 0 Å². The summed E-state index contributed by atoms with van der Waals surface area (Å²) in [5.74, 6) is -0.0248. The number of alkyl halides is 1. The molecule has 2 nitrogen and oxygen atoms in total. The van der Waals surface area contributed by atoms with Crippen molar-refractivity contribution in [3.8, 4) is 0 Å². The van der Waals surface area contributed by atoms with Gasteiger partial charge in [0.1, 0.15) is 11.2 Å². The van der Waals surface area contributed by atoms with E-state index in [0.29, 0.717) is 13.2 Å².